The van der Waals surface area contributed by atoms with Crippen molar-refractivity contribution in [1.29, 1.82) is 5.26 Å². The number of nitrogens with zero attached hydrogens (tertiary/aromatic N) is 3. The molecule has 0 radical (unpaired) electrons. The number of nitriles is 1. The van der Waals surface area contributed by atoms with Crippen molar-refractivity contribution in [3.05, 3.63) is 34.8 Å². The number of aromatic nitrogens is 1. The number of rotatable bonds is 8. The van der Waals surface area contributed by atoms with Gasteiger partial charge in [0.15, 0.2) is 0 Å². The van der Waals surface area contributed by atoms with Crippen LogP contribution in [0, 0.1) is 16.7 Å². The highest BCUT2D eigenvalue weighted by Crippen LogP contribution is 2.27. The van der Waals surface area contributed by atoms with E-state index < -0.39 is 17.3 Å². The van der Waals surface area contributed by atoms with Gasteiger partial charge in [0.25, 0.3) is 0 Å². The number of likely N-dealkylation sites (tertiary alicyclic amines) is 1. The first-order chi connectivity index (χ1) is 15.6. The predicted molar refractivity (Wildman–Crippen MR) is 129 cm³/mol. The Morgan fingerprint density at radius 1 is 1.30 bits per heavy atom. The molecule has 0 saturated carbocycles. The first kappa shape index (κ1) is 24.7. The Kier molecular flexibility index (Phi) is 7.75. The summed E-state index contributed by atoms with van der Waals surface area (Å²) in [7, 11) is 0. The molecule has 1 aliphatic rings. The van der Waals surface area contributed by atoms with Crippen molar-refractivity contribution >= 4 is 22.7 Å². The summed E-state index contributed by atoms with van der Waals surface area (Å²) in [5.74, 6) is -0.668. The van der Waals surface area contributed by atoms with Gasteiger partial charge in [-0.05, 0) is 49.8 Å². The second-order valence-electron chi connectivity index (χ2n) is 10.2. The molecule has 1 atom stereocenters. The molecule has 2 heterocycles. The number of hydrogen-bond donors (Lipinski definition) is 2. The lowest BCUT2D eigenvalue weighted by atomic mass is 9.85. The molecule has 2 N–H and O–H groups in total. The van der Waals surface area contributed by atoms with Crippen LogP contribution in [-0.4, -0.2) is 47.0 Å². The topological polar surface area (TPSA) is 111 Å². The number of amides is 1. The summed E-state index contributed by atoms with van der Waals surface area (Å²) in [5, 5.41) is 16.8. The van der Waals surface area contributed by atoms with Crippen LogP contribution in [0.1, 0.15) is 59.8 Å². The van der Waals surface area contributed by atoms with E-state index >= 15 is 0 Å². The van der Waals surface area contributed by atoms with Gasteiger partial charge < -0.3 is 20.0 Å². The number of anilines is 1. The smallest absolute Gasteiger partial charge is 0.408 e. The zero-order valence-electron chi connectivity index (χ0n) is 20.1. The molecule has 33 heavy (non-hydrogen) atoms. The van der Waals surface area contributed by atoms with Crippen molar-refractivity contribution in [2.45, 2.75) is 71.4 Å². The molecule has 178 valence electrons. The number of para-hydroxylation sites is 1. The van der Waals surface area contributed by atoms with Gasteiger partial charge in [0, 0.05) is 13.1 Å². The Hall–Kier alpha value is -2.92. The van der Waals surface area contributed by atoms with Crippen LogP contribution in [0.2, 0.25) is 0 Å². The zero-order valence-corrected chi connectivity index (χ0v) is 20.1. The highest BCUT2D eigenvalue weighted by molar-refractivity contribution is 5.91. The number of fused-ring (bicyclic) bond motifs is 1. The molecule has 8 nitrogen and oxygen atoms in total. The molecule has 3 rings (SSSR count). The standard InChI is InChI=1S/C25H35N5O3/c1-5-6-13-30-14-11-25(17-26,12-15-30)29-22(31)19(16-24(2,3)4)27-21-18-9-7-8-10-20(18)33-23(32)28-21/h7-10,19H,5-6,11-16H2,1-4H3,(H,29,31)(H,27,28,32). The van der Waals surface area contributed by atoms with Crippen molar-refractivity contribution < 1.29 is 9.21 Å². The lowest BCUT2D eigenvalue weighted by molar-refractivity contribution is -0.124. The normalized spacial score (nSPS) is 17.3. The Morgan fingerprint density at radius 2 is 2.00 bits per heavy atom. The molecule has 8 heteroatoms. The molecule has 1 saturated heterocycles. The monoisotopic (exact) mass is 453 g/mol. The number of unbranched alkanes of at least 4 members (excludes halogenated alkanes) is 1. The molecule has 1 unspecified atom stereocenters. The molecule has 2 aromatic rings. The molecule has 0 aliphatic carbocycles. The lowest BCUT2D eigenvalue weighted by Crippen LogP contribution is -2.57. The Balaban J connectivity index is 1.81. The van der Waals surface area contributed by atoms with Gasteiger partial charge in [0.1, 0.15) is 23.0 Å². The number of carbonyl (C=O) groups excluding carboxylic acids is 1. The molecule has 1 aromatic heterocycles. The molecule has 1 fully saturated rings. The van der Waals surface area contributed by atoms with E-state index in [1.165, 1.54) is 0 Å². The van der Waals surface area contributed by atoms with E-state index in [-0.39, 0.29) is 11.3 Å². The maximum absolute atomic E-state index is 13.5. The maximum atomic E-state index is 13.5. The Morgan fingerprint density at radius 3 is 2.64 bits per heavy atom. The van der Waals surface area contributed by atoms with Crippen LogP contribution < -0.4 is 16.4 Å². The minimum absolute atomic E-state index is 0.173. The van der Waals surface area contributed by atoms with Gasteiger partial charge in [-0.2, -0.15) is 10.2 Å². The summed E-state index contributed by atoms with van der Waals surface area (Å²) in [6.07, 6.45) is 3.96. The number of carbonyl (C=O) groups is 1. The maximum Gasteiger partial charge on any atom is 0.441 e. The first-order valence-electron chi connectivity index (χ1n) is 11.8. The molecule has 1 aromatic carbocycles. The number of benzene rings is 1. The van der Waals surface area contributed by atoms with E-state index in [4.69, 9.17) is 4.42 Å². The fourth-order valence-electron chi connectivity index (χ4n) is 4.24. The van der Waals surface area contributed by atoms with Crippen molar-refractivity contribution in [3.63, 3.8) is 0 Å². The van der Waals surface area contributed by atoms with E-state index in [2.05, 4.69) is 33.5 Å². The summed E-state index contributed by atoms with van der Waals surface area (Å²) in [6, 6.07) is 8.81. The summed E-state index contributed by atoms with van der Waals surface area (Å²) in [6.45, 7) is 10.9. The van der Waals surface area contributed by atoms with Crippen molar-refractivity contribution in [3.8, 4) is 6.07 Å². The minimum Gasteiger partial charge on any atom is -0.408 e. The third kappa shape index (κ3) is 6.55. The fraction of sp³-hybridized carbons (Fsp3) is 0.600. The predicted octanol–water partition coefficient (Wildman–Crippen LogP) is 3.68. The molecular weight excluding hydrogens is 418 g/mol. The third-order valence-corrected chi connectivity index (χ3v) is 6.10. The van der Waals surface area contributed by atoms with Gasteiger partial charge in [-0.3, -0.25) is 4.79 Å². The Bertz CT molecular complexity index is 1060. The van der Waals surface area contributed by atoms with E-state index in [1.54, 1.807) is 18.2 Å². The van der Waals surface area contributed by atoms with Crippen molar-refractivity contribution in [2.24, 2.45) is 5.41 Å². The van der Waals surface area contributed by atoms with Crippen molar-refractivity contribution in [1.82, 2.24) is 15.2 Å². The second kappa shape index (κ2) is 10.3. The number of piperidine rings is 1. The highest BCUT2D eigenvalue weighted by Gasteiger charge is 2.38. The van der Waals surface area contributed by atoms with Gasteiger partial charge in [-0.25, -0.2) is 4.79 Å². The molecule has 0 spiro atoms. The highest BCUT2D eigenvalue weighted by atomic mass is 16.4. The van der Waals surface area contributed by atoms with Gasteiger partial charge in [0.2, 0.25) is 5.91 Å². The van der Waals surface area contributed by atoms with Gasteiger partial charge in [-0.15, -0.1) is 0 Å². The number of nitrogens with one attached hydrogen (secondary N) is 2. The van der Waals surface area contributed by atoms with E-state index in [0.717, 1.165) is 32.5 Å². The quantitative estimate of drug-likeness (QED) is 0.627. The van der Waals surface area contributed by atoms with Crippen LogP contribution in [0.15, 0.2) is 33.5 Å². The summed E-state index contributed by atoms with van der Waals surface area (Å²) in [5.41, 5.74) is -0.654. The van der Waals surface area contributed by atoms with Crippen LogP contribution in [0.25, 0.3) is 11.0 Å². The fourth-order valence-corrected chi connectivity index (χ4v) is 4.24. The van der Waals surface area contributed by atoms with Crippen LogP contribution in [0.5, 0.6) is 0 Å². The molecule has 0 bridgehead atoms. The molecular formula is C25H35N5O3. The van der Waals surface area contributed by atoms with Gasteiger partial charge in [0.05, 0.1) is 11.5 Å². The third-order valence-electron chi connectivity index (χ3n) is 6.10. The molecule has 1 aliphatic heterocycles. The number of hydrogen-bond acceptors (Lipinski definition) is 7. The van der Waals surface area contributed by atoms with Gasteiger partial charge >= 0.3 is 5.76 Å². The Labute approximate surface area is 195 Å². The van der Waals surface area contributed by atoms with Crippen LogP contribution in [0.3, 0.4) is 0 Å². The van der Waals surface area contributed by atoms with E-state index in [9.17, 15) is 14.9 Å². The summed E-state index contributed by atoms with van der Waals surface area (Å²) < 4.78 is 5.18. The van der Waals surface area contributed by atoms with E-state index in [0.29, 0.717) is 36.0 Å². The first-order valence-corrected chi connectivity index (χ1v) is 11.8. The van der Waals surface area contributed by atoms with Crippen LogP contribution in [-0.2, 0) is 4.79 Å². The average Bonchev–Trinajstić information content (AvgIpc) is 2.77. The average molecular weight is 454 g/mol. The second-order valence-corrected chi connectivity index (χ2v) is 10.2. The zero-order chi connectivity index (χ0) is 24.1. The minimum atomic E-state index is -0.886. The van der Waals surface area contributed by atoms with Crippen LogP contribution in [0.4, 0.5) is 5.82 Å². The van der Waals surface area contributed by atoms with Gasteiger partial charge in [-0.1, -0.05) is 46.2 Å². The SMILES string of the molecule is CCCCN1CCC(C#N)(NC(=O)C(CC(C)(C)C)Nc2nc(=O)oc3ccccc23)CC1. The lowest BCUT2D eigenvalue weighted by Gasteiger charge is -2.39. The summed E-state index contributed by atoms with van der Waals surface area (Å²) >= 11 is 0. The summed E-state index contributed by atoms with van der Waals surface area (Å²) in [4.78, 5) is 31.8. The van der Waals surface area contributed by atoms with Crippen molar-refractivity contribution in [2.75, 3.05) is 25.0 Å². The molecule has 1 amide bonds. The largest absolute Gasteiger partial charge is 0.441 e. The van der Waals surface area contributed by atoms with Crippen LogP contribution >= 0.6 is 0 Å². The van der Waals surface area contributed by atoms with E-state index in [1.807, 2.05) is 26.8 Å².